The maximum Gasteiger partial charge on any atom is 0.268 e. The van der Waals surface area contributed by atoms with Crippen molar-refractivity contribution in [2.75, 3.05) is 31.6 Å². The van der Waals surface area contributed by atoms with Gasteiger partial charge in [0.2, 0.25) is 0 Å². The van der Waals surface area contributed by atoms with Crippen LogP contribution in [0.3, 0.4) is 0 Å². The van der Waals surface area contributed by atoms with Crippen LogP contribution in [0.25, 0.3) is 0 Å². The molecule has 0 amide bonds. The van der Waals surface area contributed by atoms with Gasteiger partial charge in [-0.25, -0.2) is 4.68 Å². The number of nitrogens with one attached hydrogen (secondary N) is 1. The Bertz CT molecular complexity index is 479. The number of hydrogen-bond donors (Lipinski definition) is 1. The molecular formula is C16H28N4O. The molecule has 0 aliphatic heterocycles. The molecule has 5 nitrogen and oxygen atoms in total. The SMILES string of the molecule is CCN(C)c1cnn(CCNCC2CCCCC2)c(=O)c1. The lowest BCUT2D eigenvalue weighted by atomic mass is 9.89. The molecule has 1 aliphatic rings. The predicted molar refractivity (Wildman–Crippen MR) is 86.9 cm³/mol. The van der Waals surface area contributed by atoms with Crippen LogP contribution >= 0.6 is 0 Å². The highest BCUT2D eigenvalue weighted by atomic mass is 16.1. The zero-order chi connectivity index (χ0) is 15.1. The van der Waals surface area contributed by atoms with Crippen LogP contribution in [0.5, 0.6) is 0 Å². The highest BCUT2D eigenvalue weighted by Gasteiger charge is 2.12. The van der Waals surface area contributed by atoms with E-state index in [0.29, 0.717) is 6.54 Å². The molecule has 0 saturated heterocycles. The molecule has 0 aromatic carbocycles. The quantitative estimate of drug-likeness (QED) is 0.780. The Morgan fingerprint density at radius 3 is 2.81 bits per heavy atom. The number of hydrogen-bond acceptors (Lipinski definition) is 4. The Kier molecular flexibility index (Phi) is 6.23. The summed E-state index contributed by atoms with van der Waals surface area (Å²) in [6.07, 6.45) is 8.62. The normalized spacial score (nSPS) is 16.1. The first-order valence-corrected chi connectivity index (χ1v) is 8.19. The van der Waals surface area contributed by atoms with Crippen molar-refractivity contribution in [3.8, 4) is 0 Å². The van der Waals surface area contributed by atoms with Gasteiger partial charge in [-0.1, -0.05) is 19.3 Å². The zero-order valence-electron chi connectivity index (χ0n) is 13.3. The molecule has 1 heterocycles. The second-order valence-electron chi connectivity index (χ2n) is 6.00. The van der Waals surface area contributed by atoms with E-state index in [1.165, 1.54) is 32.1 Å². The van der Waals surface area contributed by atoms with Crippen LogP contribution in [0.15, 0.2) is 17.1 Å². The molecule has 118 valence electrons. The Labute approximate surface area is 127 Å². The van der Waals surface area contributed by atoms with Gasteiger partial charge in [-0.3, -0.25) is 4.79 Å². The minimum absolute atomic E-state index is 0.0210. The summed E-state index contributed by atoms with van der Waals surface area (Å²) in [4.78, 5) is 14.0. The highest BCUT2D eigenvalue weighted by Crippen LogP contribution is 2.22. The largest absolute Gasteiger partial charge is 0.373 e. The first-order chi connectivity index (χ1) is 10.2. The minimum Gasteiger partial charge on any atom is -0.373 e. The molecule has 2 rings (SSSR count). The van der Waals surface area contributed by atoms with Gasteiger partial charge in [-0.15, -0.1) is 0 Å². The first-order valence-electron chi connectivity index (χ1n) is 8.19. The molecule has 0 spiro atoms. The van der Waals surface area contributed by atoms with E-state index in [4.69, 9.17) is 0 Å². The summed E-state index contributed by atoms with van der Waals surface area (Å²) in [7, 11) is 1.96. The fraction of sp³-hybridized carbons (Fsp3) is 0.750. The molecule has 1 saturated carbocycles. The monoisotopic (exact) mass is 292 g/mol. The highest BCUT2D eigenvalue weighted by molar-refractivity contribution is 5.41. The van der Waals surface area contributed by atoms with Gasteiger partial charge < -0.3 is 10.2 Å². The lowest BCUT2D eigenvalue weighted by Crippen LogP contribution is -2.32. The molecule has 0 atom stereocenters. The van der Waals surface area contributed by atoms with Gasteiger partial charge in [-0.2, -0.15) is 5.10 Å². The molecule has 1 aromatic rings. The number of nitrogens with zero attached hydrogens (tertiary/aromatic N) is 3. The lowest BCUT2D eigenvalue weighted by Gasteiger charge is -2.21. The van der Waals surface area contributed by atoms with Crippen molar-refractivity contribution in [3.63, 3.8) is 0 Å². The van der Waals surface area contributed by atoms with Crippen molar-refractivity contribution in [2.45, 2.75) is 45.6 Å². The Balaban J connectivity index is 1.76. The van der Waals surface area contributed by atoms with Crippen LogP contribution in [0, 0.1) is 5.92 Å². The number of anilines is 1. The molecule has 21 heavy (non-hydrogen) atoms. The summed E-state index contributed by atoms with van der Waals surface area (Å²) in [5.41, 5.74) is 0.862. The summed E-state index contributed by atoms with van der Waals surface area (Å²) in [5.74, 6) is 0.823. The average Bonchev–Trinajstić information content (AvgIpc) is 2.53. The summed E-state index contributed by atoms with van der Waals surface area (Å²) < 4.78 is 1.54. The first kappa shape index (κ1) is 16.0. The van der Waals surface area contributed by atoms with Crippen LogP contribution in [-0.2, 0) is 6.54 Å². The Hall–Kier alpha value is -1.36. The van der Waals surface area contributed by atoms with Crippen LogP contribution < -0.4 is 15.8 Å². The van der Waals surface area contributed by atoms with Crippen LogP contribution in [-0.4, -0.2) is 36.5 Å². The molecule has 1 aliphatic carbocycles. The summed E-state index contributed by atoms with van der Waals surface area (Å²) in [5, 5.41) is 7.72. The standard InChI is InChI=1S/C16H28N4O/c1-3-19(2)15-11-16(21)20(18-13-15)10-9-17-12-14-7-5-4-6-8-14/h11,13-14,17H,3-10,12H2,1-2H3. The second kappa shape index (κ2) is 8.17. The fourth-order valence-corrected chi connectivity index (χ4v) is 2.87. The molecular weight excluding hydrogens is 264 g/mol. The molecule has 5 heteroatoms. The Morgan fingerprint density at radius 1 is 1.38 bits per heavy atom. The van der Waals surface area contributed by atoms with Gasteiger partial charge in [-0.05, 0) is 32.2 Å². The van der Waals surface area contributed by atoms with E-state index >= 15 is 0 Å². The summed E-state index contributed by atoms with van der Waals surface area (Å²) in [6.45, 7) is 5.45. The molecule has 0 radical (unpaired) electrons. The van der Waals surface area contributed by atoms with Crippen LogP contribution in [0.1, 0.15) is 39.0 Å². The second-order valence-corrected chi connectivity index (χ2v) is 6.00. The molecule has 0 unspecified atom stereocenters. The third-order valence-electron chi connectivity index (χ3n) is 4.43. The van der Waals surface area contributed by atoms with Gasteiger partial charge in [0.25, 0.3) is 5.56 Å². The summed E-state index contributed by atoms with van der Waals surface area (Å²) >= 11 is 0. The van der Waals surface area contributed by atoms with Crippen molar-refractivity contribution in [3.05, 3.63) is 22.6 Å². The molecule has 1 fully saturated rings. The van der Waals surface area contributed by atoms with E-state index in [-0.39, 0.29) is 5.56 Å². The lowest BCUT2D eigenvalue weighted by molar-refractivity contribution is 0.339. The van der Waals surface area contributed by atoms with Gasteiger partial charge in [0.1, 0.15) is 0 Å². The number of aromatic nitrogens is 2. The summed E-state index contributed by atoms with van der Waals surface area (Å²) in [6, 6.07) is 1.66. The van der Waals surface area contributed by atoms with Crippen molar-refractivity contribution in [1.82, 2.24) is 15.1 Å². The van der Waals surface area contributed by atoms with E-state index in [1.807, 2.05) is 11.9 Å². The van der Waals surface area contributed by atoms with Crippen LogP contribution in [0.2, 0.25) is 0 Å². The third-order valence-corrected chi connectivity index (χ3v) is 4.43. The minimum atomic E-state index is -0.0210. The van der Waals surface area contributed by atoms with Gasteiger partial charge in [0.15, 0.2) is 0 Å². The van der Waals surface area contributed by atoms with Crippen molar-refractivity contribution < 1.29 is 0 Å². The van der Waals surface area contributed by atoms with Gasteiger partial charge in [0.05, 0.1) is 18.4 Å². The van der Waals surface area contributed by atoms with Crippen molar-refractivity contribution >= 4 is 5.69 Å². The van der Waals surface area contributed by atoms with E-state index in [2.05, 4.69) is 17.3 Å². The van der Waals surface area contributed by atoms with E-state index in [9.17, 15) is 4.79 Å². The van der Waals surface area contributed by atoms with E-state index in [0.717, 1.165) is 31.2 Å². The van der Waals surface area contributed by atoms with Gasteiger partial charge in [0, 0.05) is 26.2 Å². The number of rotatable bonds is 7. The smallest absolute Gasteiger partial charge is 0.268 e. The van der Waals surface area contributed by atoms with Crippen LogP contribution in [0.4, 0.5) is 5.69 Å². The maximum atomic E-state index is 12.0. The third kappa shape index (κ3) is 4.84. The van der Waals surface area contributed by atoms with E-state index < -0.39 is 0 Å². The predicted octanol–water partition coefficient (Wildman–Crippen LogP) is 1.87. The van der Waals surface area contributed by atoms with E-state index in [1.54, 1.807) is 16.9 Å². The Morgan fingerprint density at radius 2 is 2.14 bits per heavy atom. The topological polar surface area (TPSA) is 50.2 Å². The zero-order valence-corrected chi connectivity index (χ0v) is 13.3. The van der Waals surface area contributed by atoms with Gasteiger partial charge >= 0.3 is 0 Å². The molecule has 1 N–H and O–H groups in total. The van der Waals surface area contributed by atoms with Crippen molar-refractivity contribution in [1.29, 1.82) is 0 Å². The average molecular weight is 292 g/mol. The fourth-order valence-electron chi connectivity index (χ4n) is 2.87. The molecule has 0 bridgehead atoms. The molecule has 1 aromatic heterocycles. The van der Waals surface area contributed by atoms with Crippen molar-refractivity contribution in [2.24, 2.45) is 5.92 Å². The maximum absolute atomic E-state index is 12.0.